The van der Waals surface area contributed by atoms with Crippen LogP contribution in [-0.4, -0.2) is 47.8 Å². The second-order valence-corrected chi connectivity index (χ2v) is 6.47. The number of carbonyl (C=O) groups is 1. The Bertz CT molecular complexity index is 519. The zero-order chi connectivity index (χ0) is 16.8. The molecule has 0 aromatic heterocycles. The molecule has 2 atom stereocenters. The Morgan fingerprint density at radius 1 is 1.35 bits per heavy atom. The predicted octanol–water partition coefficient (Wildman–Crippen LogP) is 2.11. The van der Waals surface area contributed by atoms with Crippen LogP contribution in [0, 0.1) is 0 Å². The number of nitrogens with zero attached hydrogens (tertiary/aromatic N) is 1. The van der Waals surface area contributed by atoms with Crippen molar-refractivity contribution in [3.05, 3.63) is 29.8 Å². The van der Waals surface area contributed by atoms with E-state index < -0.39 is 6.10 Å². The summed E-state index contributed by atoms with van der Waals surface area (Å²) in [6.07, 6.45) is 1.11. The van der Waals surface area contributed by atoms with Crippen molar-refractivity contribution in [2.45, 2.75) is 51.9 Å². The van der Waals surface area contributed by atoms with Crippen LogP contribution in [0.1, 0.15) is 45.2 Å². The Morgan fingerprint density at radius 3 is 2.78 bits per heavy atom. The summed E-state index contributed by atoms with van der Waals surface area (Å²) in [5, 5.41) is 13.4. The average molecular weight is 320 g/mol. The summed E-state index contributed by atoms with van der Waals surface area (Å²) in [7, 11) is 0. The van der Waals surface area contributed by atoms with Gasteiger partial charge in [-0.15, -0.1) is 0 Å². The topological polar surface area (TPSA) is 61.8 Å². The highest BCUT2D eigenvalue weighted by molar-refractivity contribution is 5.78. The van der Waals surface area contributed by atoms with Crippen LogP contribution >= 0.6 is 0 Å². The van der Waals surface area contributed by atoms with Crippen LogP contribution in [0.4, 0.5) is 0 Å². The second-order valence-electron chi connectivity index (χ2n) is 6.47. The Kier molecular flexibility index (Phi) is 6.42. The molecule has 5 nitrogen and oxygen atoms in total. The Hall–Kier alpha value is -1.59. The van der Waals surface area contributed by atoms with Crippen LogP contribution < -0.4 is 10.1 Å². The summed E-state index contributed by atoms with van der Waals surface area (Å²) >= 11 is 0. The maximum Gasteiger partial charge on any atom is 0.222 e. The average Bonchev–Trinajstić information content (AvgIpc) is 2.89. The fourth-order valence-electron chi connectivity index (χ4n) is 2.78. The molecule has 1 amide bonds. The van der Waals surface area contributed by atoms with Crippen molar-refractivity contribution in [1.29, 1.82) is 0 Å². The number of benzene rings is 1. The van der Waals surface area contributed by atoms with E-state index in [9.17, 15) is 9.90 Å². The van der Waals surface area contributed by atoms with Gasteiger partial charge in [0.25, 0.3) is 0 Å². The first-order valence-electron chi connectivity index (χ1n) is 8.41. The van der Waals surface area contributed by atoms with Crippen LogP contribution in [0.5, 0.6) is 5.75 Å². The number of carbonyl (C=O) groups excluding carboxylic acids is 1. The summed E-state index contributed by atoms with van der Waals surface area (Å²) in [6.45, 7) is 7.70. The molecule has 1 fully saturated rings. The summed E-state index contributed by atoms with van der Waals surface area (Å²) in [6, 6.07) is 8.10. The number of likely N-dealkylation sites (tertiary alicyclic amines) is 1. The highest BCUT2D eigenvalue weighted by Gasteiger charge is 2.22. The SMILES string of the molecule is CC(C)Oc1cccc(C(C)NCC(O)CN2CCCC2=O)c1. The van der Waals surface area contributed by atoms with Gasteiger partial charge in [0.2, 0.25) is 5.91 Å². The van der Waals surface area contributed by atoms with Crippen LogP contribution in [0.3, 0.4) is 0 Å². The lowest BCUT2D eigenvalue weighted by Crippen LogP contribution is -2.39. The van der Waals surface area contributed by atoms with Crippen molar-refractivity contribution in [2.75, 3.05) is 19.6 Å². The molecule has 2 unspecified atom stereocenters. The molecule has 128 valence electrons. The maximum atomic E-state index is 11.6. The predicted molar refractivity (Wildman–Crippen MR) is 90.4 cm³/mol. The number of nitrogens with one attached hydrogen (secondary N) is 1. The molecule has 1 aromatic carbocycles. The van der Waals surface area contributed by atoms with Crippen molar-refractivity contribution in [2.24, 2.45) is 0 Å². The van der Waals surface area contributed by atoms with Gasteiger partial charge in [0.15, 0.2) is 0 Å². The van der Waals surface area contributed by atoms with Crippen molar-refractivity contribution in [3.8, 4) is 5.75 Å². The van der Waals surface area contributed by atoms with Gasteiger partial charge in [-0.1, -0.05) is 12.1 Å². The maximum absolute atomic E-state index is 11.6. The minimum absolute atomic E-state index is 0.106. The van der Waals surface area contributed by atoms with E-state index in [2.05, 4.69) is 12.2 Å². The first-order chi connectivity index (χ1) is 11.0. The van der Waals surface area contributed by atoms with Gasteiger partial charge in [-0.3, -0.25) is 4.79 Å². The molecule has 0 spiro atoms. The molecule has 0 saturated carbocycles. The third-order valence-corrected chi connectivity index (χ3v) is 3.99. The lowest BCUT2D eigenvalue weighted by atomic mass is 10.1. The number of ether oxygens (including phenoxy) is 1. The van der Waals surface area contributed by atoms with Gasteiger partial charge in [-0.2, -0.15) is 0 Å². The standard InChI is InChI=1S/C18H28N2O3/c1-13(2)23-17-7-4-6-15(10-17)14(3)19-11-16(21)12-20-9-5-8-18(20)22/h4,6-7,10,13-14,16,19,21H,5,8-9,11-12H2,1-3H3. The summed E-state index contributed by atoms with van der Waals surface area (Å²) in [5.74, 6) is 1.00. The Morgan fingerprint density at radius 2 is 2.13 bits per heavy atom. The van der Waals surface area contributed by atoms with Crippen LogP contribution in [0.25, 0.3) is 0 Å². The van der Waals surface area contributed by atoms with Gasteiger partial charge in [-0.05, 0) is 44.9 Å². The number of rotatable bonds is 8. The Balaban J connectivity index is 1.81. The van der Waals surface area contributed by atoms with E-state index in [0.717, 1.165) is 24.3 Å². The first kappa shape index (κ1) is 17.8. The van der Waals surface area contributed by atoms with E-state index in [-0.39, 0.29) is 18.1 Å². The number of aliphatic hydroxyl groups excluding tert-OH is 1. The minimum Gasteiger partial charge on any atom is -0.491 e. The van der Waals surface area contributed by atoms with Crippen LogP contribution in [0.2, 0.25) is 0 Å². The van der Waals surface area contributed by atoms with Crippen molar-refractivity contribution in [3.63, 3.8) is 0 Å². The summed E-state index contributed by atoms with van der Waals surface area (Å²) < 4.78 is 5.71. The second kappa shape index (κ2) is 8.31. The van der Waals surface area contributed by atoms with Crippen molar-refractivity contribution in [1.82, 2.24) is 10.2 Å². The molecule has 1 aliphatic rings. The van der Waals surface area contributed by atoms with E-state index >= 15 is 0 Å². The van der Waals surface area contributed by atoms with E-state index in [4.69, 9.17) is 4.74 Å². The molecule has 0 radical (unpaired) electrons. The smallest absolute Gasteiger partial charge is 0.222 e. The first-order valence-corrected chi connectivity index (χ1v) is 8.41. The van der Waals surface area contributed by atoms with Crippen LogP contribution in [0.15, 0.2) is 24.3 Å². The zero-order valence-electron chi connectivity index (χ0n) is 14.3. The number of β-amino-alcohol motifs (C(OH)–C–C–N with tert-alkyl or cyclic N) is 1. The lowest BCUT2D eigenvalue weighted by Gasteiger charge is -2.22. The van der Waals surface area contributed by atoms with Gasteiger partial charge in [0.05, 0.1) is 12.2 Å². The monoisotopic (exact) mass is 320 g/mol. The highest BCUT2D eigenvalue weighted by atomic mass is 16.5. The fourth-order valence-corrected chi connectivity index (χ4v) is 2.78. The molecular formula is C18H28N2O3. The van der Waals surface area contributed by atoms with Crippen molar-refractivity contribution < 1.29 is 14.6 Å². The molecule has 23 heavy (non-hydrogen) atoms. The molecule has 0 aliphatic carbocycles. The molecule has 1 heterocycles. The van der Waals surface area contributed by atoms with Gasteiger partial charge in [0.1, 0.15) is 5.75 Å². The minimum atomic E-state index is -0.547. The highest BCUT2D eigenvalue weighted by Crippen LogP contribution is 2.20. The van der Waals surface area contributed by atoms with Gasteiger partial charge < -0.3 is 20.1 Å². The molecular weight excluding hydrogens is 292 g/mol. The third kappa shape index (κ3) is 5.52. The quantitative estimate of drug-likeness (QED) is 0.770. The number of hydrogen-bond acceptors (Lipinski definition) is 4. The number of amides is 1. The van der Waals surface area contributed by atoms with E-state index in [1.165, 1.54) is 0 Å². The number of hydrogen-bond donors (Lipinski definition) is 2. The lowest BCUT2D eigenvalue weighted by molar-refractivity contribution is -0.128. The zero-order valence-corrected chi connectivity index (χ0v) is 14.3. The van der Waals surface area contributed by atoms with E-state index in [1.54, 1.807) is 4.90 Å². The van der Waals surface area contributed by atoms with E-state index in [0.29, 0.717) is 19.5 Å². The molecule has 0 bridgehead atoms. The fraction of sp³-hybridized carbons (Fsp3) is 0.611. The molecule has 2 N–H and O–H groups in total. The van der Waals surface area contributed by atoms with Gasteiger partial charge in [-0.25, -0.2) is 0 Å². The van der Waals surface area contributed by atoms with Crippen molar-refractivity contribution >= 4 is 5.91 Å². The molecule has 2 rings (SSSR count). The molecule has 5 heteroatoms. The van der Waals surface area contributed by atoms with Crippen LogP contribution in [-0.2, 0) is 4.79 Å². The van der Waals surface area contributed by atoms with Gasteiger partial charge in [0, 0.05) is 32.1 Å². The number of aliphatic hydroxyl groups is 1. The largest absolute Gasteiger partial charge is 0.491 e. The Labute approximate surface area is 138 Å². The van der Waals surface area contributed by atoms with E-state index in [1.807, 2.05) is 38.1 Å². The third-order valence-electron chi connectivity index (χ3n) is 3.99. The molecule has 1 aliphatic heterocycles. The normalized spacial score (nSPS) is 17.6. The summed E-state index contributed by atoms with van der Waals surface area (Å²) in [5.41, 5.74) is 1.12. The van der Waals surface area contributed by atoms with Gasteiger partial charge >= 0.3 is 0 Å². The molecule has 1 saturated heterocycles. The molecule has 1 aromatic rings. The summed E-state index contributed by atoms with van der Waals surface area (Å²) in [4.78, 5) is 13.3.